The van der Waals surface area contributed by atoms with Crippen molar-refractivity contribution in [3.05, 3.63) is 0 Å². The van der Waals surface area contributed by atoms with E-state index in [9.17, 15) is 9.90 Å². The van der Waals surface area contributed by atoms with Gasteiger partial charge in [-0.15, -0.1) is 0 Å². The van der Waals surface area contributed by atoms with Crippen LogP contribution in [0, 0.1) is 5.92 Å². The first-order chi connectivity index (χ1) is 9.70. The molecule has 3 unspecified atom stereocenters. The van der Waals surface area contributed by atoms with Crippen LogP contribution < -0.4 is 10.6 Å². The van der Waals surface area contributed by atoms with Gasteiger partial charge in [0.05, 0.1) is 12.1 Å². The van der Waals surface area contributed by atoms with Gasteiger partial charge in [0.1, 0.15) is 0 Å². The topological polar surface area (TPSA) is 70.6 Å². The van der Waals surface area contributed by atoms with Gasteiger partial charge in [-0.3, -0.25) is 0 Å². The number of aliphatic hydroxyl groups is 1. The number of nitrogens with one attached hydrogen (secondary N) is 2. The number of hydrogen-bond donors (Lipinski definition) is 3. The van der Waals surface area contributed by atoms with E-state index in [-0.39, 0.29) is 30.8 Å². The van der Waals surface area contributed by atoms with E-state index in [4.69, 9.17) is 4.74 Å². The van der Waals surface area contributed by atoms with Gasteiger partial charge < -0.3 is 20.5 Å². The lowest BCUT2D eigenvalue weighted by atomic mass is 9.83. The number of amides is 2. The van der Waals surface area contributed by atoms with Crippen molar-refractivity contribution >= 4 is 6.03 Å². The average molecular weight is 284 g/mol. The van der Waals surface area contributed by atoms with Crippen LogP contribution in [0.4, 0.5) is 4.79 Å². The Bertz CT molecular complexity index is 305. The van der Waals surface area contributed by atoms with Gasteiger partial charge in [-0.05, 0) is 38.5 Å². The molecule has 2 rings (SSSR count). The van der Waals surface area contributed by atoms with Gasteiger partial charge >= 0.3 is 6.03 Å². The molecule has 116 valence electrons. The molecule has 3 atom stereocenters. The van der Waals surface area contributed by atoms with E-state index in [1.54, 1.807) is 0 Å². The summed E-state index contributed by atoms with van der Waals surface area (Å²) in [5.41, 5.74) is 0. The largest absolute Gasteiger partial charge is 0.396 e. The van der Waals surface area contributed by atoms with E-state index in [1.807, 2.05) is 6.92 Å². The van der Waals surface area contributed by atoms with E-state index in [0.29, 0.717) is 12.3 Å². The molecule has 1 saturated carbocycles. The highest BCUT2D eigenvalue weighted by atomic mass is 16.5. The lowest BCUT2D eigenvalue weighted by Crippen LogP contribution is -2.50. The average Bonchev–Trinajstić information content (AvgIpc) is 2.85. The molecule has 0 radical (unpaired) electrons. The van der Waals surface area contributed by atoms with Gasteiger partial charge in [-0.25, -0.2) is 4.79 Å². The van der Waals surface area contributed by atoms with Crippen LogP contribution in [-0.2, 0) is 4.74 Å². The number of ether oxygens (including phenoxy) is 1. The zero-order chi connectivity index (χ0) is 14.4. The van der Waals surface area contributed by atoms with Gasteiger partial charge in [0.2, 0.25) is 0 Å². The standard InChI is InChI=1S/C15H28N2O3/c1-11-13(8-10-20-11)16-15(19)17-14(7-9-18)12-5-3-2-4-6-12/h11-14,18H,2-10H2,1H3,(H2,16,17,19). The van der Waals surface area contributed by atoms with Crippen LogP contribution in [0.25, 0.3) is 0 Å². The second-order valence-electron chi connectivity index (χ2n) is 6.11. The molecule has 1 aliphatic carbocycles. The van der Waals surface area contributed by atoms with Crippen LogP contribution in [0.1, 0.15) is 51.9 Å². The summed E-state index contributed by atoms with van der Waals surface area (Å²) in [6, 6.07) is 0.0884. The Kier molecular flexibility index (Phi) is 6.10. The van der Waals surface area contributed by atoms with Crippen LogP contribution in [0.2, 0.25) is 0 Å². The van der Waals surface area contributed by atoms with Gasteiger partial charge in [0.15, 0.2) is 0 Å². The lowest BCUT2D eigenvalue weighted by Gasteiger charge is -2.31. The van der Waals surface area contributed by atoms with Crippen molar-refractivity contribution in [3.8, 4) is 0 Å². The first kappa shape index (κ1) is 15.6. The summed E-state index contributed by atoms with van der Waals surface area (Å²) in [7, 11) is 0. The molecular formula is C15H28N2O3. The highest BCUT2D eigenvalue weighted by Crippen LogP contribution is 2.27. The number of rotatable bonds is 5. The fourth-order valence-corrected chi connectivity index (χ4v) is 3.40. The fraction of sp³-hybridized carbons (Fsp3) is 0.933. The van der Waals surface area contributed by atoms with Gasteiger partial charge in [-0.1, -0.05) is 19.3 Å². The summed E-state index contributed by atoms with van der Waals surface area (Å²) in [4.78, 5) is 12.1. The minimum Gasteiger partial charge on any atom is -0.396 e. The Morgan fingerprint density at radius 1 is 1.30 bits per heavy atom. The number of carbonyl (C=O) groups is 1. The van der Waals surface area contributed by atoms with Crippen molar-refractivity contribution in [3.63, 3.8) is 0 Å². The molecule has 5 nitrogen and oxygen atoms in total. The van der Waals surface area contributed by atoms with Gasteiger partial charge in [0.25, 0.3) is 0 Å². The lowest BCUT2D eigenvalue weighted by molar-refractivity contribution is 0.113. The smallest absolute Gasteiger partial charge is 0.315 e. The van der Waals surface area contributed by atoms with Crippen molar-refractivity contribution in [2.45, 2.75) is 70.1 Å². The van der Waals surface area contributed by atoms with Crippen molar-refractivity contribution in [1.29, 1.82) is 0 Å². The van der Waals surface area contributed by atoms with Crippen LogP contribution >= 0.6 is 0 Å². The predicted molar refractivity (Wildman–Crippen MR) is 77.6 cm³/mol. The summed E-state index contributed by atoms with van der Waals surface area (Å²) >= 11 is 0. The zero-order valence-electron chi connectivity index (χ0n) is 12.4. The molecule has 0 aromatic rings. The SMILES string of the molecule is CC1OCCC1NC(=O)NC(CCO)C1CCCCC1. The maximum absolute atomic E-state index is 12.1. The highest BCUT2D eigenvalue weighted by molar-refractivity contribution is 5.74. The Hall–Kier alpha value is -0.810. The second kappa shape index (κ2) is 7.84. The Morgan fingerprint density at radius 3 is 2.65 bits per heavy atom. The highest BCUT2D eigenvalue weighted by Gasteiger charge is 2.28. The van der Waals surface area contributed by atoms with Crippen LogP contribution in [0.15, 0.2) is 0 Å². The summed E-state index contributed by atoms with van der Waals surface area (Å²) < 4.78 is 5.45. The molecule has 0 aromatic heterocycles. The van der Waals surface area contributed by atoms with E-state index in [2.05, 4.69) is 10.6 Å². The Balaban J connectivity index is 1.81. The molecule has 1 saturated heterocycles. The Morgan fingerprint density at radius 2 is 2.05 bits per heavy atom. The van der Waals surface area contributed by atoms with E-state index >= 15 is 0 Å². The van der Waals surface area contributed by atoms with Gasteiger partial charge in [0, 0.05) is 19.3 Å². The maximum atomic E-state index is 12.1. The summed E-state index contributed by atoms with van der Waals surface area (Å²) in [5, 5.41) is 15.3. The van der Waals surface area contributed by atoms with Crippen LogP contribution in [0.3, 0.4) is 0 Å². The molecule has 2 amide bonds. The number of carbonyl (C=O) groups excluding carboxylic acids is 1. The molecule has 1 heterocycles. The molecule has 5 heteroatoms. The monoisotopic (exact) mass is 284 g/mol. The van der Waals surface area contributed by atoms with E-state index in [1.165, 1.54) is 19.3 Å². The van der Waals surface area contributed by atoms with Crippen LogP contribution in [-0.4, -0.2) is 42.5 Å². The quantitative estimate of drug-likeness (QED) is 0.721. The minimum absolute atomic E-state index is 0.0896. The summed E-state index contributed by atoms with van der Waals surface area (Å²) in [6.07, 6.45) is 7.71. The third-order valence-electron chi connectivity index (χ3n) is 4.67. The minimum atomic E-state index is -0.114. The molecule has 0 bridgehead atoms. The maximum Gasteiger partial charge on any atom is 0.315 e. The third-order valence-corrected chi connectivity index (χ3v) is 4.67. The second-order valence-corrected chi connectivity index (χ2v) is 6.11. The van der Waals surface area contributed by atoms with Crippen molar-refractivity contribution in [2.75, 3.05) is 13.2 Å². The van der Waals surface area contributed by atoms with Gasteiger partial charge in [-0.2, -0.15) is 0 Å². The zero-order valence-corrected chi connectivity index (χ0v) is 12.4. The molecule has 0 spiro atoms. The third kappa shape index (κ3) is 4.35. The number of urea groups is 1. The Labute approximate surface area is 121 Å². The summed E-state index contributed by atoms with van der Waals surface area (Å²) in [6.45, 7) is 2.84. The molecule has 2 aliphatic rings. The van der Waals surface area contributed by atoms with Crippen molar-refractivity contribution < 1.29 is 14.6 Å². The molecule has 20 heavy (non-hydrogen) atoms. The number of hydrogen-bond acceptors (Lipinski definition) is 3. The van der Waals surface area contributed by atoms with Crippen molar-refractivity contribution in [1.82, 2.24) is 10.6 Å². The van der Waals surface area contributed by atoms with Crippen LogP contribution in [0.5, 0.6) is 0 Å². The predicted octanol–water partition coefficient (Wildman–Crippen LogP) is 1.79. The van der Waals surface area contributed by atoms with E-state index < -0.39 is 0 Å². The number of aliphatic hydroxyl groups excluding tert-OH is 1. The first-order valence-corrected chi connectivity index (χ1v) is 8.00. The molecule has 2 fully saturated rings. The molecule has 0 aromatic carbocycles. The molecular weight excluding hydrogens is 256 g/mol. The van der Waals surface area contributed by atoms with E-state index in [0.717, 1.165) is 25.9 Å². The fourth-order valence-electron chi connectivity index (χ4n) is 3.40. The first-order valence-electron chi connectivity index (χ1n) is 8.00. The normalized spacial score (nSPS) is 29.1. The molecule has 1 aliphatic heterocycles. The molecule has 3 N–H and O–H groups in total. The summed E-state index contributed by atoms with van der Waals surface area (Å²) in [5.74, 6) is 0.513. The van der Waals surface area contributed by atoms with Crippen molar-refractivity contribution in [2.24, 2.45) is 5.92 Å².